The Morgan fingerprint density at radius 1 is 1.47 bits per heavy atom. The third kappa shape index (κ3) is 2.49. The number of aryl methyl sites for hydroxylation is 1. The summed E-state index contributed by atoms with van der Waals surface area (Å²) in [6.45, 7) is 0.781. The van der Waals surface area contributed by atoms with Gasteiger partial charge in [-0.05, 0) is 6.07 Å². The summed E-state index contributed by atoms with van der Waals surface area (Å²) in [6, 6.07) is 1.83. The van der Waals surface area contributed by atoms with Crippen LogP contribution < -0.4 is 5.32 Å². The summed E-state index contributed by atoms with van der Waals surface area (Å²) in [5.41, 5.74) is 0. The fourth-order valence-electron chi connectivity index (χ4n) is 1.23. The highest BCUT2D eigenvalue weighted by Crippen LogP contribution is 1.99. The molecule has 0 aliphatic carbocycles. The number of anilines is 1. The minimum atomic E-state index is 0.781. The van der Waals surface area contributed by atoms with Gasteiger partial charge in [-0.15, -0.1) is 10.2 Å². The van der Waals surface area contributed by atoms with Gasteiger partial charge in [-0.25, -0.2) is 9.97 Å². The molecule has 0 saturated heterocycles. The summed E-state index contributed by atoms with van der Waals surface area (Å²) < 4.78 is 1.90. The third-order valence-electron chi connectivity index (χ3n) is 2.04. The van der Waals surface area contributed by atoms with Crippen LogP contribution in [0.25, 0.3) is 0 Å². The highest BCUT2D eigenvalue weighted by Gasteiger charge is 1.99. The van der Waals surface area contributed by atoms with Gasteiger partial charge in [-0.3, -0.25) is 0 Å². The number of nitrogens with zero attached hydrogens (tertiary/aromatic N) is 5. The van der Waals surface area contributed by atoms with E-state index in [0.29, 0.717) is 0 Å². The van der Waals surface area contributed by atoms with Crippen LogP contribution in [-0.2, 0) is 13.5 Å². The Hall–Kier alpha value is -1.98. The van der Waals surface area contributed by atoms with E-state index >= 15 is 0 Å². The van der Waals surface area contributed by atoms with Crippen molar-refractivity contribution < 1.29 is 0 Å². The van der Waals surface area contributed by atoms with Gasteiger partial charge in [0.25, 0.3) is 0 Å². The van der Waals surface area contributed by atoms with E-state index in [0.717, 1.165) is 24.6 Å². The van der Waals surface area contributed by atoms with Gasteiger partial charge in [0.05, 0.1) is 0 Å². The van der Waals surface area contributed by atoms with Gasteiger partial charge in [0.15, 0.2) is 0 Å². The molecule has 0 amide bonds. The van der Waals surface area contributed by atoms with Crippen molar-refractivity contribution in [2.75, 3.05) is 11.9 Å². The third-order valence-corrected chi connectivity index (χ3v) is 2.04. The van der Waals surface area contributed by atoms with Crippen molar-refractivity contribution in [3.8, 4) is 0 Å². The molecule has 2 aromatic rings. The molecule has 78 valence electrons. The van der Waals surface area contributed by atoms with Crippen LogP contribution in [0.4, 0.5) is 5.82 Å². The van der Waals surface area contributed by atoms with Crippen LogP contribution in [0.1, 0.15) is 5.82 Å². The van der Waals surface area contributed by atoms with E-state index in [9.17, 15) is 0 Å². The van der Waals surface area contributed by atoms with Crippen molar-refractivity contribution in [2.45, 2.75) is 6.42 Å². The standard InChI is InChI=1S/C9H12N6/c1-15-7-13-14-9(15)3-5-11-8-2-4-10-6-12-8/h2,4,6-7H,3,5H2,1H3,(H,10,11,12). The first-order valence-corrected chi connectivity index (χ1v) is 4.69. The lowest BCUT2D eigenvalue weighted by Crippen LogP contribution is -2.09. The topological polar surface area (TPSA) is 68.5 Å². The summed E-state index contributed by atoms with van der Waals surface area (Å²) in [6.07, 6.45) is 5.74. The number of rotatable bonds is 4. The maximum Gasteiger partial charge on any atom is 0.134 e. The first-order chi connectivity index (χ1) is 7.36. The molecule has 0 aromatic carbocycles. The largest absolute Gasteiger partial charge is 0.370 e. The van der Waals surface area contributed by atoms with E-state index in [1.807, 2.05) is 17.7 Å². The van der Waals surface area contributed by atoms with Gasteiger partial charge < -0.3 is 9.88 Å². The smallest absolute Gasteiger partial charge is 0.134 e. The lowest BCUT2D eigenvalue weighted by Gasteiger charge is -2.03. The molecule has 0 aliphatic rings. The second kappa shape index (κ2) is 4.50. The minimum absolute atomic E-state index is 0.781. The van der Waals surface area contributed by atoms with Gasteiger partial charge in [0.1, 0.15) is 24.3 Å². The lowest BCUT2D eigenvalue weighted by atomic mass is 10.4. The highest BCUT2D eigenvalue weighted by molar-refractivity contribution is 5.31. The molecule has 0 radical (unpaired) electrons. The Kier molecular flexibility index (Phi) is 2.87. The monoisotopic (exact) mass is 204 g/mol. The Morgan fingerprint density at radius 3 is 3.07 bits per heavy atom. The summed E-state index contributed by atoms with van der Waals surface area (Å²) in [7, 11) is 1.93. The van der Waals surface area contributed by atoms with Crippen LogP contribution >= 0.6 is 0 Å². The number of hydrogen-bond acceptors (Lipinski definition) is 5. The molecule has 1 N–H and O–H groups in total. The molecule has 0 bridgehead atoms. The summed E-state index contributed by atoms with van der Waals surface area (Å²) in [4.78, 5) is 7.89. The summed E-state index contributed by atoms with van der Waals surface area (Å²) in [5, 5.41) is 11.0. The Balaban J connectivity index is 1.83. The predicted octanol–water partition coefficient (Wildman–Crippen LogP) is 0.260. The molecular formula is C9H12N6. The molecule has 0 spiro atoms. The minimum Gasteiger partial charge on any atom is -0.370 e. The molecular weight excluding hydrogens is 192 g/mol. The Labute approximate surface area is 87.4 Å². The molecule has 2 heterocycles. The second-order valence-corrected chi connectivity index (χ2v) is 3.13. The van der Waals surface area contributed by atoms with Crippen molar-refractivity contribution in [3.63, 3.8) is 0 Å². The van der Waals surface area contributed by atoms with Crippen LogP contribution in [0, 0.1) is 0 Å². The second-order valence-electron chi connectivity index (χ2n) is 3.13. The lowest BCUT2D eigenvalue weighted by molar-refractivity contribution is 0.787. The van der Waals surface area contributed by atoms with E-state index in [1.54, 1.807) is 12.5 Å². The van der Waals surface area contributed by atoms with Gasteiger partial charge in [-0.2, -0.15) is 0 Å². The van der Waals surface area contributed by atoms with Crippen molar-refractivity contribution in [1.29, 1.82) is 0 Å². The average molecular weight is 204 g/mol. The first-order valence-electron chi connectivity index (χ1n) is 4.69. The van der Waals surface area contributed by atoms with E-state index in [-0.39, 0.29) is 0 Å². The number of nitrogens with one attached hydrogen (secondary N) is 1. The van der Waals surface area contributed by atoms with Gasteiger partial charge in [0.2, 0.25) is 0 Å². The maximum absolute atomic E-state index is 4.05. The van der Waals surface area contributed by atoms with E-state index in [4.69, 9.17) is 0 Å². The molecule has 0 atom stereocenters. The molecule has 6 nitrogen and oxygen atoms in total. The SMILES string of the molecule is Cn1cnnc1CCNc1ccncn1. The van der Waals surface area contributed by atoms with E-state index in [2.05, 4.69) is 25.5 Å². The molecule has 0 unspecified atom stereocenters. The first kappa shape index (κ1) is 9.57. The number of aromatic nitrogens is 5. The highest BCUT2D eigenvalue weighted by atomic mass is 15.2. The van der Waals surface area contributed by atoms with Crippen molar-refractivity contribution >= 4 is 5.82 Å². The fourth-order valence-corrected chi connectivity index (χ4v) is 1.23. The van der Waals surface area contributed by atoms with Crippen molar-refractivity contribution in [3.05, 3.63) is 30.7 Å². The van der Waals surface area contributed by atoms with Crippen LogP contribution in [0.5, 0.6) is 0 Å². The summed E-state index contributed by atoms with van der Waals surface area (Å²) in [5.74, 6) is 1.78. The van der Waals surface area contributed by atoms with E-state index < -0.39 is 0 Å². The molecule has 0 aliphatic heterocycles. The molecule has 0 fully saturated rings. The predicted molar refractivity (Wildman–Crippen MR) is 55.2 cm³/mol. The fraction of sp³-hybridized carbons (Fsp3) is 0.333. The van der Waals surface area contributed by atoms with Crippen LogP contribution in [0.2, 0.25) is 0 Å². The van der Waals surface area contributed by atoms with Gasteiger partial charge in [0, 0.05) is 26.2 Å². The molecule has 15 heavy (non-hydrogen) atoms. The Bertz CT molecular complexity index is 410. The molecule has 2 rings (SSSR count). The van der Waals surface area contributed by atoms with Crippen molar-refractivity contribution in [1.82, 2.24) is 24.7 Å². The maximum atomic E-state index is 4.05. The van der Waals surface area contributed by atoms with Gasteiger partial charge in [-0.1, -0.05) is 0 Å². The number of hydrogen-bond donors (Lipinski definition) is 1. The average Bonchev–Trinajstić information content (AvgIpc) is 2.66. The van der Waals surface area contributed by atoms with Gasteiger partial charge >= 0.3 is 0 Å². The zero-order chi connectivity index (χ0) is 10.5. The zero-order valence-electron chi connectivity index (χ0n) is 8.46. The van der Waals surface area contributed by atoms with Crippen molar-refractivity contribution in [2.24, 2.45) is 7.05 Å². The van der Waals surface area contributed by atoms with Crippen LogP contribution in [0.15, 0.2) is 24.9 Å². The van der Waals surface area contributed by atoms with Crippen LogP contribution in [-0.4, -0.2) is 31.3 Å². The normalized spacial score (nSPS) is 10.2. The summed E-state index contributed by atoms with van der Waals surface area (Å²) >= 11 is 0. The van der Waals surface area contributed by atoms with E-state index in [1.165, 1.54) is 6.33 Å². The molecule has 0 saturated carbocycles. The zero-order valence-corrected chi connectivity index (χ0v) is 8.46. The van der Waals surface area contributed by atoms with Crippen LogP contribution in [0.3, 0.4) is 0 Å². The Morgan fingerprint density at radius 2 is 2.40 bits per heavy atom. The molecule has 6 heteroatoms. The quantitative estimate of drug-likeness (QED) is 0.773. The molecule has 2 aromatic heterocycles.